The summed E-state index contributed by atoms with van der Waals surface area (Å²) in [4.78, 5) is 11.3. The largest absolute Gasteiger partial charge is 0.484 e. The highest BCUT2D eigenvalue weighted by molar-refractivity contribution is 7.88. The summed E-state index contributed by atoms with van der Waals surface area (Å²) in [5.74, 6) is 0.324. The molecule has 1 aromatic carbocycles. The molecule has 0 bridgehead atoms. The number of nitrogens with zero attached hydrogens (tertiary/aromatic N) is 1. The molecular formula is C14H20N2O4S. The summed E-state index contributed by atoms with van der Waals surface area (Å²) in [5.41, 5.74) is 0.839. The number of benzene rings is 1. The molecule has 116 valence electrons. The third-order valence-electron chi connectivity index (χ3n) is 2.71. The zero-order valence-corrected chi connectivity index (χ0v) is 13.0. The van der Waals surface area contributed by atoms with Gasteiger partial charge in [0.1, 0.15) is 5.75 Å². The first-order valence-corrected chi connectivity index (χ1v) is 8.18. The molecule has 0 atom stereocenters. The smallest absolute Gasteiger partial charge is 0.258 e. The number of amides is 1. The fourth-order valence-electron chi connectivity index (χ4n) is 1.45. The lowest BCUT2D eigenvalue weighted by atomic mass is 10.2. The van der Waals surface area contributed by atoms with Crippen molar-refractivity contribution in [1.82, 2.24) is 9.62 Å². The van der Waals surface area contributed by atoms with Gasteiger partial charge in [-0.3, -0.25) is 4.79 Å². The topological polar surface area (TPSA) is 75.7 Å². The molecule has 1 aromatic rings. The normalized spacial score (nSPS) is 11.2. The van der Waals surface area contributed by atoms with Crippen LogP contribution in [-0.2, 0) is 21.4 Å². The second kappa shape index (κ2) is 7.80. The van der Waals surface area contributed by atoms with Gasteiger partial charge in [-0.2, -0.15) is 0 Å². The average Bonchev–Trinajstić information content (AvgIpc) is 2.43. The predicted molar refractivity (Wildman–Crippen MR) is 81.5 cm³/mol. The van der Waals surface area contributed by atoms with Gasteiger partial charge in [-0.25, -0.2) is 12.7 Å². The monoisotopic (exact) mass is 312 g/mol. The first kappa shape index (κ1) is 17.2. The van der Waals surface area contributed by atoms with Crippen molar-refractivity contribution in [3.63, 3.8) is 0 Å². The predicted octanol–water partition coefficient (Wildman–Crippen LogP) is 0.759. The van der Waals surface area contributed by atoms with Gasteiger partial charge in [0.05, 0.1) is 6.26 Å². The maximum atomic E-state index is 11.3. The minimum Gasteiger partial charge on any atom is -0.484 e. The van der Waals surface area contributed by atoms with Crippen molar-refractivity contribution in [2.45, 2.75) is 6.54 Å². The number of hydrogen-bond donors (Lipinski definition) is 1. The SMILES string of the molecule is C=CCNC(=O)COc1ccc(CN(C)S(C)(=O)=O)cc1. The Balaban J connectivity index is 2.51. The Hall–Kier alpha value is -1.86. The molecule has 0 saturated heterocycles. The van der Waals surface area contributed by atoms with Crippen molar-refractivity contribution >= 4 is 15.9 Å². The van der Waals surface area contributed by atoms with E-state index in [9.17, 15) is 13.2 Å². The molecule has 1 N–H and O–H groups in total. The van der Waals surface area contributed by atoms with Crippen LogP contribution < -0.4 is 10.1 Å². The van der Waals surface area contributed by atoms with E-state index in [0.29, 0.717) is 18.8 Å². The fourth-order valence-corrected chi connectivity index (χ4v) is 1.83. The number of ether oxygens (including phenoxy) is 1. The fraction of sp³-hybridized carbons (Fsp3) is 0.357. The van der Waals surface area contributed by atoms with E-state index in [1.165, 1.54) is 11.4 Å². The summed E-state index contributed by atoms with van der Waals surface area (Å²) in [6.45, 7) is 4.12. The van der Waals surface area contributed by atoms with E-state index >= 15 is 0 Å². The Morgan fingerprint density at radius 3 is 2.52 bits per heavy atom. The lowest BCUT2D eigenvalue weighted by Crippen LogP contribution is -2.28. The lowest BCUT2D eigenvalue weighted by Gasteiger charge is -2.14. The van der Waals surface area contributed by atoms with Crippen LogP contribution in [-0.4, -0.2) is 45.1 Å². The van der Waals surface area contributed by atoms with E-state index < -0.39 is 10.0 Å². The summed E-state index contributed by atoms with van der Waals surface area (Å²) >= 11 is 0. The van der Waals surface area contributed by atoms with Crippen LogP contribution in [0.5, 0.6) is 5.75 Å². The second-order valence-electron chi connectivity index (χ2n) is 4.54. The van der Waals surface area contributed by atoms with E-state index in [1.807, 2.05) is 0 Å². The quantitative estimate of drug-likeness (QED) is 0.719. The second-order valence-corrected chi connectivity index (χ2v) is 6.63. The summed E-state index contributed by atoms with van der Waals surface area (Å²) < 4.78 is 29.2. The van der Waals surface area contributed by atoms with Crippen molar-refractivity contribution < 1.29 is 17.9 Å². The van der Waals surface area contributed by atoms with E-state index in [2.05, 4.69) is 11.9 Å². The molecule has 0 aliphatic rings. The summed E-state index contributed by atoms with van der Waals surface area (Å²) in [6.07, 6.45) is 2.75. The number of sulfonamides is 1. The Labute approximate surface area is 125 Å². The van der Waals surface area contributed by atoms with Crippen molar-refractivity contribution in [2.75, 3.05) is 26.5 Å². The van der Waals surface area contributed by atoms with Crippen molar-refractivity contribution in [2.24, 2.45) is 0 Å². The average molecular weight is 312 g/mol. The highest BCUT2D eigenvalue weighted by atomic mass is 32.2. The van der Waals surface area contributed by atoms with Gasteiger partial charge in [0.25, 0.3) is 5.91 Å². The highest BCUT2D eigenvalue weighted by Crippen LogP contribution is 2.14. The van der Waals surface area contributed by atoms with Gasteiger partial charge < -0.3 is 10.1 Å². The molecule has 21 heavy (non-hydrogen) atoms. The van der Waals surface area contributed by atoms with Crippen molar-refractivity contribution in [3.8, 4) is 5.75 Å². The minimum atomic E-state index is -3.20. The van der Waals surface area contributed by atoms with E-state index in [-0.39, 0.29) is 12.5 Å². The summed E-state index contributed by atoms with van der Waals surface area (Å²) in [5, 5.41) is 2.60. The summed E-state index contributed by atoms with van der Waals surface area (Å²) in [7, 11) is -1.68. The van der Waals surface area contributed by atoms with Crippen LogP contribution in [0.4, 0.5) is 0 Å². The minimum absolute atomic E-state index is 0.0730. The van der Waals surface area contributed by atoms with Crippen LogP contribution >= 0.6 is 0 Å². The Morgan fingerprint density at radius 2 is 2.00 bits per heavy atom. The third-order valence-corrected chi connectivity index (χ3v) is 3.97. The van der Waals surface area contributed by atoms with Gasteiger partial charge in [-0.1, -0.05) is 18.2 Å². The van der Waals surface area contributed by atoms with Gasteiger partial charge in [0.2, 0.25) is 10.0 Å². The number of hydrogen-bond acceptors (Lipinski definition) is 4. The number of carbonyl (C=O) groups is 1. The Kier molecular flexibility index (Phi) is 6.39. The van der Waals surface area contributed by atoms with Gasteiger partial charge in [0, 0.05) is 20.1 Å². The summed E-state index contributed by atoms with van der Waals surface area (Å²) in [6, 6.07) is 6.93. The molecule has 0 heterocycles. The highest BCUT2D eigenvalue weighted by Gasteiger charge is 2.11. The third kappa shape index (κ3) is 6.42. The van der Waals surface area contributed by atoms with E-state index in [4.69, 9.17) is 4.74 Å². The van der Waals surface area contributed by atoms with Crippen LogP contribution in [0.3, 0.4) is 0 Å². The molecule has 7 heteroatoms. The number of carbonyl (C=O) groups excluding carboxylic acids is 1. The molecule has 0 unspecified atom stereocenters. The first-order chi connectivity index (χ1) is 9.82. The van der Waals surface area contributed by atoms with Gasteiger partial charge in [0.15, 0.2) is 6.61 Å². The maximum Gasteiger partial charge on any atom is 0.258 e. The number of rotatable bonds is 8. The van der Waals surface area contributed by atoms with Crippen LogP contribution in [0.15, 0.2) is 36.9 Å². The number of nitrogens with one attached hydrogen (secondary N) is 1. The molecule has 6 nitrogen and oxygen atoms in total. The molecular weight excluding hydrogens is 292 g/mol. The molecule has 0 aliphatic heterocycles. The Bertz CT molecular complexity index is 581. The van der Waals surface area contributed by atoms with Crippen LogP contribution in [0.1, 0.15) is 5.56 Å². The zero-order valence-electron chi connectivity index (χ0n) is 12.2. The maximum absolute atomic E-state index is 11.3. The molecule has 0 aromatic heterocycles. The molecule has 0 saturated carbocycles. The van der Waals surface area contributed by atoms with Crippen LogP contribution in [0.25, 0.3) is 0 Å². The lowest BCUT2D eigenvalue weighted by molar-refractivity contribution is -0.122. The first-order valence-electron chi connectivity index (χ1n) is 6.33. The molecule has 0 fully saturated rings. The van der Waals surface area contributed by atoms with Crippen molar-refractivity contribution in [3.05, 3.63) is 42.5 Å². The van der Waals surface area contributed by atoms with Gasteiger partial charge >= 0.3 is 0 Å². The van der Waals surface area contributed by atoms with Gasteiger partial charge in [-0.05, 0) is 17.7 Å². The van der Waals surface area contributed by atoms with Crippen LogP contribution in [0, 0.1) is 0 Å². The molecule has 1 amide bonds. The molecule has 0 aliphatic carbocycles. The van der Waals surface area contributed by atoms with Crippen molar-refractivity contribution in [1.29, 1.82) is 0 Å². The molecule has 1 rings (SSSR count). The standard InChI is InChI=1S/C14H20N2O4S/c1-4-9-15-14(17)11-20-13-7-5-12(6-8-13)10-16(2)21(3,18)19/h4-8H,1,9-11H2,2-3H3,(H,15,17). The Morgan fingerprint density at radius 1 is 1.38 bits per heavy atom. The molecule has 0 radical (unpaired) electrons. The van der Waals surface area contributed by atoms with Crippen LogP contribution in [0.2, 0.25) is 0 Å². The van der Waals surface area contributed by atoms with Gasteiger partial charge in [-0.15, -0.1) is 6.58 Å². The molecule has 0 spiro atoms. The van der Waals surface area contributed by atoms with E-state index in [0.717, 1.165) is 11.8 Å². The van der Waals surface area contributed by atoms with E-state index in [1.54, 1.807) is 30.3 Å². The zero-order chi connectivity index (χ0) is 15.9.